The summed E-state index contributed by atoms with van der Waals surface area (Å²) in [7, 11) is 0. The van der Waals surface area contributed by atoms with Gasteiger partial charge in [0, 0.05) is 5.92 Å². The third-order valence-electron chi connectivity index (χ3n) is 2.44. The number of hydrogen-bond acceptors (Lipinski definition) is 4. The van der Waals surface area contributed by atoms with E-state index in [1.807, 2.05) is 65.8 Å². The van der Waals surface area contributed by atoms with Crippen LogP contribution in [0.25, 0.3) is 0 Å². The first-order valence-corrected chi connectivity index (χ1v) is 7.33. The smallest absolute Gasteiger partial charge is 0.165 e. The Bertz CT molecular complexity index is 429. The Kier molecular flexibility index (Phi) is 6.20. The van der Waals surface area contributed by atoms with E-state index in [9.17, 15) is 0 Å². The van der Waals surface area contributed by atoms with Crippen LogP contribution in [0.3, 0.4) is 0 Å². The minimum Gasteiger partial charge on any atom is -0.337 e. The molecule has 4 nitrogen and oxygen atoms in total. The monoisotopic (exact) mass is 296 g/mol. The quantitative estimate of drug-likeness (QED) is 0.566. The van der Waals surface area contributed by atoms with Crippen molar-refractivity contribution in [2.24, 2.45) is 0 Å². The predicted octanol–water partition coefficient (Wildman–Crippen LogP) is 4.65. The molecule has 0 bridgehead atoms. The molecule has 1 rings (SSSR count). The molecule has 0 spiro atoms. The molecule has 1 atom stereocenters. The average Bonchev–Trinajstić information content (AvgIpc) is 2.34. The summed E-state index contributed by atoms with van der Waals surface area (Å²) in [6.45, 7) is 14.3. The van der Waals surface area contributed by atoms with Gasteiger partial charge < -0.3 is 4.89 Å². The van der Waals surface area contributed by atoms with E-state index in [4.69, 9.17) is 19.6 Å². The van der Waals surface area contributed by atoms with Crippen molar-refractivity contribution in [1.29, 1.82) is 0 Å². The highest BCUT2D eigenvalue weighted by Gasteiger charge is 2.15. The van der Waals surface area contributed by atoms with E-state index in [-0.39, 0.29) is 17.1 Å². The Morgan fingerprint density at radius 2 is 1.57 bits per heavy atom. The summed E-state index contributed by atoms with van der Waals surface area (Å²) < 4.78 is 0. The van der Waals surface area contributed by atoms with Gasteiger partial charge in [-0.3, -0.25) is 0 Å². The van der Waals surface area contributed by atoms with Crippen molar-refractivity contribution < 1.29 is 19.6 Å². The summed E-state index contributed by atoms with van der Waals surface area (Å²) >= 11 is 0. The predicted molar refractivity (Wildman–Crippen MR) is 83.1 cm³/mol. The van der Waals surface area contributed by atoms with E-state index in [1.54, 1.807) is 0 Å². The van der Waals surface area contributed by atoms with Gasteiger partial charge in [-0.15, -0.1) is 0 Å². The summed E-state index contributed by atoms with van der Waals surface area (Å²) in [6, 6.07) is 7.80. The van der Waals surface area contributed by atoms with Crippen LogP contribution in [-0.4, -0.2) is 17.8 Å². The molecule has 0 aliphatic rings. The van der Waals surface area contributed by atoms with Crippen LogP contribution in [0.5, 0.6) is 5.75 Å². The molecule has 120 valence electrons. The van der Waals surface area contributed by atoms with Crippen LogP contribution in [0.2, 0.25) is 0 Å². The Morgan fingerprint density at radius 1 is 0.952 bits per heavy atom. The van der Waals surface area contributed by atoms with Crippen molar-refractivity contribution in [2.75, 3.05) is 6.61 Å². The van der Waals surface area contributed by atoms with Gasteiger partial charge >= 0.3 is 0 Å². The second kappa shape index (κ2) is 7.25. The summed E-state index contributed by atoms with van der Waals surface area (Å²) in [4.78, 5) is 21.3. The van der Waals surface area contributed by atoms with Gasteiger partial charge in [-0.05, 0) is 59.2 Å². The van der Waals surface area contributed by atoms with Gasteiger partial charge in [-0.2, -0.15) is 4.89 Å². The van der Waals surface area contributed by atoms with Crippen LogP contribution in [0.15, 0.2) is 24.3 Å². The van der Waals surface area contributed by atoms with Crippen LogP contribution >= 0.6 is 0 Å². The molecule has 4 heteroatoms. The lowest BCUT2D eigenvalue weighted by molar-refractivity contribution is -0.350. The first-order chi connectivity index (χ1) is 9.57. The summed E-state index contributed by atoms with van der Waals surface area (Å²) in [5.74, 6) is 0.886. The molecule has 0 aromatic heterocycles. The van der Waals surface area contributed by atoms with E-state index in [2.05, 4.69) is 6.92 Å². The number of rotatable bonds is 6. The van der Waals surface area contributed by atoms with Crippen molar-refractivity contribution in [1.82, 2.24) is 0 Å². The zero-order valence-corrected chi connectivity index (χ0v) is 14.2. The van der Waals surface area contributed by atoms with Crippen molar-refractivity contribution in [2.45, 2.75) is 65.6 Å². The van der Waals surface area contributed by atoms with Gasteiger partial charge in [0.05, 0.1) is 12.2 Å². The zero-order chi connectivity index (χ0) is 16.1. The standard InChI is InChI=1S/C17H28O4/c1-13(12-18-20-16(2,3)4)14-9-8-10-15(11-14)19-21-17(5,6)7/h8-11,13H,12H2,1-7H3. The Balaban J connectivity index is 2.54. The van der Waals surface area contributed by atoms with E-state index in [0.717, 1.165) is 5.56 Å². The second-order valence-electron chi connectivity index (χ2n) is 7.23. The summed E-state index contributed by atoms with van der Waals surface area (Å²) in [5.41, 5.74) is 0.471. The minimum atomic E-state index is -0.342. The lowest BCUT2D eigenvalue weighted by Crippen LogP contribution is -2.21. The third kappa shape index (κ3) is 8.05. The average molecular weight is 296 g/mol. The van der Waals surface area contributed by atoms with Crippen molar-refractivity contribution in [3.63, 3.8) is 0 Å². The van der Waals surface area contributed by atoms with Crippen LogP contribution in [0.4, 0.5) is 0 Å². The molecule has 1 aromatic carbocycles. The molecule has 0 heterocycles. The van der Waals surface area contributed by atoms with E-state index in [0.29, 0.717) is 12.4 Å². The van der Waals surface area contributed by atoms with Gasteiger partial charge in [0.1, 0.15) is 5.60 Å². The number of hydrogen-bond donors (Lipinski definition) is 0. The lowest BCUT2D eigenvalue weighted by atomic mass is 10.0. The van der Waals surface area contributed by atoms with Crippen LogP contribution in [-0.2, 0) is 14.7 Å². The SMILES string of the molecule is CC(COOC(C)(C)C)c1cccc(OOC(C)(C)C)c1. The molecule has 0 fully saturated rings. The fourth-order valence-electron chi connectivity index (χ4n) is 1.46. The second-order valence-corrected chi connectivity index (χ2v) is 7.23. The molecule has 0 radical (unpaired) electrons. The Morgan fingerprint density at radius 3 is 2.14 bits per heavy atom. The molecule has 0 saturated heterocycles. The highest BCUT2D eigenvalue weighted by atomic mass is 17.2. The molecule has 0 N–H and O–H groups in total. The van der Waals surface area contributed by atoms with Crippen LogP contribution < -0.4 is 4.89 Å². The molecule has 0 aliphatic heterocycles. The topological polar surface area (TPSA) is 36.9 Å². The van der Waals surface area contributed by atoms with Gasteiger partial charge in [-0.1, -0.05) is 19.1 Å². The fraction of sp³-hybridized carbons (Fsp3) is 0.647. The molecule has 1 unspecified atom stereocenters. The first kappa shape index (κ1) is 18.0. The van der Waals surface area contributed by atoms with E-state index in [1.165, 1.54) is 0 Å². The molecular weight excluding hydrogens is 268 g/mol. The van der Waals surface area contributed by atoms with E-state index < -0.39 is 0 Å². The molecular formula is C17H28O4. The Labute approximate surface area is 128 Å². The highest BCUT2D eigenvalue weighted by Crippen LogP contribution is 2.23. The van der Waals surface area contributed by atoms with Gasteiger partial charge in [-0.25, -0.2) is 9.78 Å². The molecule has 21 heavy (non-hydrogen) atoms. The highest BCUT2D eigenvalue weighted by molar-refractivity contribution is 5.30. The van der Waals surface area contributed by atoms with Gasteiger partial charge in [0.25, 0.3) is 0 Å². The molecule has 0 amide bonds. The number of benzene rings is 1. The first-order valence-electron chi connectivity index (χ1n) is 7.33. The maximum Gasteiger partial charge on any atom is 0.165 e. The largest absolute Gasteiger partial charge is 0.337 e. The maximum atomic E-state index is 5.35. The zero-order valence-electron chi connectivity index (χ0n) is 14.2. The van der Waals surface area contributed by atoms with Crippen molar-refractivity contribution >= 4 is 0 Å². The molecule has 1 aromatic rings. The van der Waals surface area contributed by atoms with Gasteiger partial charge in [0.15, 0.2) is 5.75 Å². The van der Waals surface area contributed by atoms with Crippen molar-refractivity contribution in [3.8, 4) is 5.75 Å². The fourth-order valence-corrected chi connectivity index (χ4v) is 1.46. The third-order valence-corrected chi connectivity index (χ3v) is 2.44. The summed E-state index contributed by atoms with van der Waals surface area (Å²) in [6.07, 6.45) is 0. The Hall–Kier alpha value is -1.10. The van der Waals surface area contributed by atoms with Crippen LogP contribution in [0, 0.1) is 0 Å². The van der Waals surface area contributed by atoms with Gasteiger partial charge in [0.2, 0.25) is 0 Å². The summed E-state index contributed by atoms with van der Waals surface area (Å²) in [5, 5.41) is 0. The molecule has 0 saturated carbocycles. The minimum absolute atomic E-state index is 0.200. The van der Waals surface area contributed by atoms with Crippen LogP contribution in [0.1, 0.15) is 59.9 Å². The normalized spacial score (nSPS) is 14.0. The van der Waals surface area contributed by atoms with E-state index >= 15 is 0 Å². The maximum absolute atomic E-state index is 5.35. The van der Waals surface area contributed by atoms with Crippen molar-refractivity contribution in [3.05, 3.63) is 29.8 Å². The molecule has 0 aliphatic carbocycles. The lowest BCUT2D eigenvalue weighted by Gasteiger charge is -2.20.